The van der Waals surface area contributed by atoms with E-state index in [-0.39, 0.29) is 35.4 Å². The Bertz CT molecular complexity index is 802. The van der Waals surface area contributed by atoms with E-state index in [9.17, 15) is 8.42 Å². The van der Waals surface area contributed by atoms with E-state index in [1.165, 1.54) is 0 Å². The second-order valence-electron chi connectivity index (χ2n) is 5.65. The highest BCUT2D eigenvalue weighted by molar-refractivity contribution is 14.0. The zero-order chi connectivity index (χ0) is 19.4. The fourth-order valence-electron chi connectivity index (χ4n) is 2.26. The minimum absolute atomic E-state index is 0. The van der Waals surface area contributed by atoms with Gasteiger partial charge in [0.1, 0.15) is 5.75 Å². The molecule has 0 unspecified atom stereocenters. The van der Waals surface area contributed by atoms with Gasteiger partial charge < -0.3 is 15.4 Å². The molecule has 2 aromatic rings. The van der Waals surface area contributed by atoms with Crippen molar-refractivity contribution >= 4 is 40.0 Å². The van der Waals surface area contributed by atoms with Crippen LogP contribution in [0.1, 0.15) is 6.42 Å². The van der Waals surface area contributed by atoms with Gasteiger partial charge in [0.05, 0.1) is 11.5 Å². The summed E-state index contributed by atoms with van der Waals surface area (Å²) in [4.78, 5) is 4.37. The van der Waals surface area contributed by atoms with Gasteiger partial charge in [-0.2, -0.15) is 0 Å². The van der Waals surface area contributed by atoms with Crippen LogP contribution < -0.4 is 20.1 Å². The van der Waals surface area contributed by atoms with Gasteiger partial charge in [0.15, 0.2) is 5.96 Å². The lowest BCUT2D eigenvalue weighted by Crippen LogP contribution is -2.42. The summed E-state index contributed by atoms with van der Waals surface area (Å²) in [5, 5.41) is 6.24. The number of guanidine groups is 1. The predicted molar refractivity (Wildman–Crippen MR) is 123 cm³/mol. The number of nitrogens with zero attached hydrogens (tertiary/aromatic N) is 1. The molecule has 7 nitrogen and oxygen atoms in total. The van der Waals surface area contributed by atoms with Gasteiger partial charge in [-0.05, 0) is 30.7 Å². The summed E-state index contributed by atoms with van der Waals surface area (Å²) in [6, 6.07) is 18.0. The first-order valence-electron chi connectivity index (χ1n) is 8.79. The molecule has 0 bridgehead atoms. The topological polar surface area (TPSA) is 91.8 Å². The Balaban J connectivity index is 0.00000392. The maximum Gasteiger partial charge on any atom is 0.240 e. The van der Waals surface area contributed by atoms with Gasteiger partial charge in [-0.15, -0.1) is 24.0 Å². The number of sulfonamides is 1. The zero-order valence-corrected chi connectivity index (χ0v) is 18.9. The van der Waals surface area contributed by atoms with Gasteiger partial charge in [-0.25, -0.2) is 13.1 Å². The van der Waals surface area contributed by atoms with E-state index in [0.717, 1.165) is 12.2 Å². The Hall–Kier alpha value is -1.85. The van der Waals surface area contributed by atoms with Gasteiger partial charge in [0, 0.05) is 26.7 Å². The predicted octanol–water partition coefficient (Wildman–Crippen LogP) is 2.22. The third-order valence-corrected chi connectivity index (χ3v) is 5.09. The highest BCUT2D eigenvalue weighted by atomic mass is 127. The molecule has 28 heavy (non-hydrogen) atoms. The largest absolute Gasteiger partial charge is 0.494 e. The van der Waals surface area contributed by atoms with Crippen molar-refractivity contribution in [2.75, 3.05) is 33.3 Å². The van der Waals surface area contributed by atoms with Crippen LogP contribution in [0.4, 0.5) is 0 Å². The fourth-order valence-corrected chi connectivity index (χ4v) is 3.31. The van der Waals surface area contributed by atoms with E-state index in [2.05, 4.69) is 20.3 Å². The quantitative estimate of drug-likeness (QED) is 0.194. The molecule has 0 saturated heterocycles. The van der Waals surface area contributed by atoms with Gasteiger partial charge in [0.25, 0.3) is 0 Å². The third kappa shape index (κ3) is 8.89. The molecule has 2 rings (SSSR count). The first kappa shape index (κ1) is 24.2. The van der Waals surface area contributed by atoms with Crippen molar-refractivity contribution in [2.24, 2.45) is 4.99 Å². The number of halogens is 1. The molecule has 0 saturated carbocycles. The molecule has 0 fully saturated rings. The van der Waals surface area contributed by atoms with Crippen molar-refractivity contribution in [3.8, 4) is 5.75 Å². The molecule has 154 valence electrons. The van der Waals surface area contributed by atoms with Crippen LogP contribution in [0.2, 0.25) is 0 Å². The second-order valence-corrected chi connectivity index (χ2v) is 7.42. The summed E-state index contributed by atoms with van der Waals surface area (Å²) in [5.74, 6) is 1.47. The van der Waals surface area contributed by atoms with Crippen molar-refractivity contribution in [3.63, 3.8) is 0 Å². The molecule has 0 aliphatic carbocycles. The number of nitrogens with one attached hydrogen (secondary N) is 3. The summed E-state index contributed by atoms with van der Waals surface area (Å²) in [6.45, 7) is 1.98. The molecule has 2 aromatic carbocycles. The highest BCUT2D eigenvalue weighted by Crippen LogP contribution is 2.08. The van der Waals surface area contributed by atoms with Crippen molar-refractivity contribution in [3.05, 3.63) is 60.7 Å². The van der Waals surface area contributed by atoms with Crippen LogP contribution >= 0.6 is 24.0 Å². The van der Waals surface area contributed by atoms with Crippen molar-refractivity contribution < 1.29 is 13.2 Å². The molecule has 0 aliphatic heterocycles. The smallest absolute Gasteiger partial charge is 0.240 e. The Morgan fingerprint density at radius 2 is 1.54 bits per heavy atom. The average Bonchev–Trinajstić information content (AvgIpc) is 2.70. The van der Waals surface area contributed by atoms with E-state index in [1.807, 2.05) is 30.3 Å². The minimum atomic E-state index is -3.48. The molecular weight excluding hydrogens is 491 g/mol. The van der Waals surface area contributed by atoms with Crippen LogP contribution in [0.5, 0.6) is 5.75 Å². The number of para-hydroxylation sites is 1. The summed E-state index contributed by atoms with van der Waals surface area (Å²) in [5.41, 5.74) is 0. The molecule has 0 aromatic heterocycles. The molecule has 0 aliphatic rings. The minimum Gasteiger partial charge on any atom is -0.494 e. The Labute approximate surface area is 184 Å². The molecule has 0 radical (unpaired) electrons. The number of rotatable bonds is 10. The summed E-state index contributed by atoms with van der Waals surface area (Å²) < 4.78 is 32.4. The van der Waals surface area contributed by atoms with Gasteiger partial charge in [-0.1, -0.05) is 36.4 Å². The molecule has 0 spiro atoms. The third-order valence-electron chi connectivity index (χ3n) is 3.61. The molecule has 0 heterocycles. The van der Waals surface area contributed by atoms with Crippen LogP contribution in [0.15, 0.2) is 70.6 Å². The second kappa shape index (κ2) is 13.3. The summed E-state index contributed by atoms with van der Waals surface area (Å²) in [7, 11) is -1.81. The number of ether oxygens (including phenoxy) is 1. The highest BCUT2D eigenvalue weighted by Gasteiger charge is 2.11. The SMILES string of the molecule is CN=C(NCCCOc1ccccc1)NCCNS(=O)(=O)c1ccccc1.I. The van der Waals surface area contributed by atoms with Crippen LogP contribution in [-0.4, -0.2) is 47.7 Å². The Kier molecular flexibility index (Phi) is 11.5. The van der Waals surface area contributed by atoms with Crippen molar-refractivity contribution in [2.45, 2.75) is 11.3 Å². The van der Waals surface area contributed by atoms with E-state index < -0.39 is 10.0 Å². The standard InChI is InChI=1S/C19H26N4O3S.HI/c1-20-19(21-13-8-16-26-17-9-4-2-5-10-17)22-14-15-23-27(24,25)18-11-6-3-7-12-18;/h2-7,9-12,23H,8,13-16H2,1H3,(H2,20,21,22);1H. The average molecular weight is 518 g/mol. The first-order valence-corrected chi connectivity index (χ1v) is 10.3. The molecule has 0 atom stereocenters. The van der Waals surface area contributed by atoms with Crippen LogP contribution in [0.3, 0.4) is 0 Å². The van der Waals surface area contributed by atoms with E-state index >= 15 is 0 Å². The van der Waals surface area contributed by atoms with E-state index in [0.29, 0.717) is 25.7 Å². The monoisotopic (exact) mass is 518 g/mol. The lowest BCUT2D eigenvalue weighted by atomic mass is 10.3. The lowest BCUT2D eigenvalue weighted by Gasteiger charge is -2.13. The fraction of sp³-hybridized carbons (Fsp3) is 0.316. The Morgan fingerprint density at radius 3 is 2.18 bits per heavy atom. The van der Waals surface area contributed by atoms with Crippen molar-refractivity contribution in [1.29, 1.82) is 0 Å². The van der Waals surface area contributed by atoms with Gasteiger partial charge in [0.2, 0.25) is 10.0 Å². The maximum atomic E-state index is 12.1. The van der Waals surface area contributed by atoms with Gasteiger partial charge in [-0.3, -0.25) is 4.99 Å². The summed E-state index contributed by atoms with van der Waals surface area (Å²) >= 11 is 0. The molecule has 9 heteroatoms. The van der Waals surface area contributed by atoms with Crippen LogP contribution in [0, 0.1) is 0 Å². The zero-order valence-electron chi connectivity index (χ0n) is 15.8. The van der Waals surface area contributed by atoms with Crippen LogP contribution in [0.25, 0.3) is 0 Å². The van der Waals surface area contributed by atoms with Gasteiger partial charge >= 0.3 is 0 Å². The molecule has 0 amide bonds. The van der Waals surface area contributed by atoms with E-state index in [1.54, 1.807) is 37.4 Å². The summed E-state index contributed by atoms with van der Waals surface area (Å²) in [6.07, 6.45) is 0.816. The van der Waals surface area contributed by atoms with Crippen molar-refractivity contribution in [1.82, 2.24) is 15.4 Å². The maximum absolute atomic E-state index is 12.1. The number of hydrogen-bond donors (Lipinski definition) is 3. The number of benzene rings is 2. The first-order chi connectivity index (χ1) is 13.1. The normalized spacial score (nSPS) is 11.4. The number of hydrogen-bond acceptors (Lipinski definition) is 4. The van der Waals surface area contributed by atoms with E-state index in [4.69, 9.17) is 4.74 Å². The van der Waals surface area contributed by atoms with Crippen LogP contribution in [-0.2, 0) is 10.0 Å². The molecular formula is C19H27IN4O3S. The Morgan fingerprint density at radius 1 is 0.929 bits per heavy atom. The molecule has 3 N–H and O–H groups in total. The lowest BCUT2D eigenvalue weighted by molar-refractivity contribution is 0.311. The number of aliphatic imine (C=N–C) groups is 1.